The predicted octanol–water partition coefficient (Wildman–Crippen LogP) is 5.62. The summed E-state index contributed by atoms with van der Waals surface area (Å²) in [4.78, 5) is 28.6. The number of hydrogen-bond acceptors (Lipinski definition) is 4. The molecule has 180 valence electrons. The van der Waals surface area contributed by atoms with Crippen molar-refractivity contribution < 1.29 is 9.90 Å². The molecule has 0 aliphatic carbocycles. The van der Waals surface area contributed by atoms with Gasteiger partial charge in [0, 0.05) is 30.6 Å². The summed E-state index contributed by atoms with van der Waals surface area (Å²) in [6.07, 6.45) is 5.80. The lowest BCUT2D eigenvalue weighted by atomic mass is 10.0. The van der Waals surface area contributed by atoms with E-state index in [0.29, 0.717) is 18.3 Å². The molecule has 3 heterocycles. The Morgan fingerprint density at radius 2 is 1.54 bits per heavy atom. The van der Waals surface area contributed by atoms with Gasteiger partial charge in [-0.25, -0.2) is 14.8 Å². The summed E-state index contributed by atoms with van der Waals surface area (Å²) in [5.41, 5.74) is 6.07. The Morgan fingerprint density at radius 3 is 2.09 bits per heavy atom. The molecule has 8 nitrogen and oxygen atoms in total. The molecule has 1 amide bonds. The lowest BCUT2D eigenvalue weighted by Gasteiger charge is -2.22. The number of aromatic amines is 2. The first-order valence-electron chi connectivity index (χ1n) is 12.0. The number of aromatic nitrogens is 4. The minimum atomic E-state index is -0.969. The Morgan fingerprint density at radius 1 is 0.971 bits per heavy atom. The average molecular weight is 471 g/mol. The fraction of sp³-hybridized carbons (Fsp3) is 0.296. The number of H-pyrrole nitrogens is 2. The topological polar surface area (TPSA) is 110 Å². The van der Waals surface area contributed by atoms with Gasteiger partial charge in [-0.1, -0.05) is 55.5 Å². The predicted molar refractivity (Wildman–Crippen MR) is 136 cm³/mol. The number of hydrogen-bond donors (Lipinski definition) is 4. The quantitative estimate of drug-likeness (QED) is 0.280. The molecule has 35 heavy (non-hydrogen) atoms. The van der Waals surface area contributed by atoms with Crippen molar-refractivity contribution in [2.75, 3.05) is 13.6 Å². The van der Waals surface area contributed by atoms with Crippen LogP contribution in [0.25, 0.3) is 33.6 Å². The van der Waals surface area contributed by atoms with Gasteiger partial charge in [-0.3, -0.25) is 0 Å². The van der Waals surface area contributed by atoms with Gasteiger partial charge < -0.3 is 25.3 Å². The molecule has 0 bridgehead atoms. The zero-order valence-corrected chi connectivity index (χ0v) is 20.0. The van der Waals surface area contributed by atoms with Crippen LogP contribution in [0.4, 0.5) is 4.79 Å². The van der Waals surface area contributed by atoms with Crippen LogP contribution in [-0.2, 0) is 0 Å². The molecule has 2 aromatic heterocycles. The Labute approximate surface area is 204 Å². The lowest BCUT2D eigenvalue weighted by Crippen LogP contribution is -2.30. The van der Waals surface area contributed by atoms with E-state index in [1.165, 1.54) is 11.3 Å². The van der Waals surface area contributed by atoms with E-state index in [9.17, 15) is 9.90 Å². The van der Waals surface area contributed by atoms with Crippen molar-refractivity contribution in [1.82, 2.24) is 30.2 Å². The summed E-state index contributed by atoms with van der Waals surface area (Å²) in [6.45, 7) is 3.00. The van der Waals surface area contributed by atoms with E-state index in [-0.39, 0.29) is 6.04 Å². The number of amides is 1. The van der Waals surface area contributed by atoms with Gasteiger partial charge in [-0.15, -0.1) is 0 Å². The average Bonchev–Trinajstić information content (AvgIpc) is 3.67. The highest BCUT2D eigenvalue weighted by Crippen LogP contribution is 2.29. The number of rotatable bonds is 7. The molecule has 0 spiro atoms. The minimum Gasteiger partial charge on any atom is -0.465 e. The summed E-state index contributed by atoms with van der Waals surface area (Å²) >= 11 is 0. The monoisotopic (exact) mass is 470 g/mol. The van der Waals surface area contributed by atoms with Gasteiger partial charge in [0.25, 0.3) is 0 Å². The summed E-state index contributed by atoms with van der Waals surface area (Å²) in [6, 6.07) is 16.7. The number of imidazole rings is 2. The third-order valence-corrected chi connectivity index (χ3v) is 6.75. The summed E-state index contributed by atoms with van der Waals surface area (Å²) in [5, 5.41) is 12.8. The number of carbonyl (C=O) groups is 1. The molecule has 4 aromatic rings. The number of nitrogens with one attached hydrogen (secondary N) is 3. The van der Waals surface area contributed by atoms with E-state index in [2.05, 4.69) is 56.7 Å². The lowest BCUT2D eigenvalue weighted by molar-refractivity contribution is 0.135. The van der Waals surface area contributed by atoms with Crippen molar-refractivity contribution in [3.8, 4) is 33.6 Å². The summed E-state index contributed by atoms with van der Waals surface area (Å²) < 4.78 is 0. The van der Waals surface area contributed by atoms with E-state index in [4.69, 9.17) is 4.98 Å². The normalized spacial score (nSPS) is 16.3. The fourth-order valence-corrected chi connectivity index (χ4v) is 4.69. The Balaban J connectivity index is 1.29. The number of benzene rings is 2. The van der Waals surface area contributed by atoms with E-state index in [1.54, 1.807) is 7.05 Å². The second-order valence-electron chi connectivity index (χ2n) is 8.96. The zero-order valence-electron chi connectivity index (χ0n) is 20.0. The first-order chi connectivity index (χ1) is 17.0. The highest BCUT2D eigenvalue weighted by Gasteiger charge is 2.22. The van der Waals surface area contributed by atoms with Crippen LogP contribution in [0.15, 0.2) is 60.9 Å². The largest absolute Gasteiger partial charge is 0.465 e. The highest BCUT2D eigenvalue weighted by molar-refractivity contribution is 5.71. The number of nitrogens with zero attached hydrogens (tertiary/aromatic N) is 3. The minimum absolute atomic E-state index is 0.306. The molecule has 1 aliphatic heterocycles. The van der Waals surface area contributed by atoms with Gasteiger partial charge >= 0.3 is 6.09 Å². The van der Waals surface area contributed by atoms with Gasteiger partial charge in [-0.2, -0.15) is 0 Å². The highest BCUT2D eigenvalue weighted by atomic mass is 16.4. The van der Waals surface area contributed by atoms with E-state index >= 15 is 0 Å². The van der Waals surface area contributed by atoms with Crippen LogP contribution in [0.2, 0.25) is 0 Å². The SMILES string of the molecule is CCC(c1nc(-c2ccc(-c3ccc(-c4c[nH]c(C5CCCN5)n4)cc3)cc2)c[nH]1)N(C)C(=O)O. The van der Waals surface area contributed by atoms with Crippen molar-refractivity contribution in [3.63, 3.8) is 0 Å². The maximum atomic E-state index is 11.4. The van der Waals surface area contributed by atoms with Crippen molar-refractivity contribution in [2.24, 2.45) is 0 Å². The molecule has 2 unspecified atom stereocenters. The third-order valence-electron chi connectivity index (χ3n) is 6.75. The van der Waals surface area contributed by atoms with Crippen molar-refractivity contribution in [2.45, 2.75) is 38.3 Å². The summed E-state index contributed by atoms with van der Waals surface area (Å²) in [5.74, 6) is 1.66. The standard InChI is InChI=1S/C27H30N6O2/c1-3-24(33(2)27(34)35)26-30-16-23(32-26)20-12-8-18(9-13-20)17-6-10-19(11-7-17)22-15-29-25(31-22)21-5-4-14-28-21/h6-13,15-16,21,24,28H,3-5,14H2,1-2H3,(H,29,31)(H,30,32)(H,34,35). The van der Waals surface area contributed by atoms with Crippen LogP contribution >= 0.6 is 0 Å². The first-order valence-corrected chi connectivity index (χ1v) is 12.0. The molecule has 4 N–H and O–H groups in total. The second-order valence-corrected chi connectivity index (χ2v) is 8.96. The van der Waals surface area contributed by atoms with E-state index in [1.807, 2.05) is 31.5 Å². The molecule has 1 saturated heterocycles. The first kappa shape index (κ1) is 22.9. The second kappa shape index (κ2) is 9.76. The zero-order chi connectivity index (χ0) is 24.4. The molecule has 2 atom stereocenters. The maximum absolute atomic E-state index is 11.4. The van der Waals surface area contributed by atoms with Crippen LogP contribution in [0.3, 0.4) is 0 Å². The van der Waals surface area contributed by atoms with E-state index < -0.39 is 6.09 Å². The van der Waals surface area contributed by atoms with Crippen molar-refractivity contribution in [3.05, 3.63) is 72.6 Å². The van der Waals surface area contributed by atoms with Gasteiger partial charge in [0.05, 0.1) is 23.5 Å². The molecule has 5 rings (SSSR count). The van der Waals surface area contributed by atoms with Gasteiger partial charge in [0.2, 0.25) is 0 Å². The van der Waals surface area contributed by atoms with Gasteiger partial charge in [0.1, 0.15) is 11.6 Å². The molecular formula is C27H30N6O2. The maximum Gasteiger partial charge on any atom is 0.407 e. The van der Waals surface area contributed by atoms with Crippen LogP contribution < -0.4 is 5.32 Å². The molecular weight excluding hydrogens is 440 g/mol. The van der Waals surface area contributed by atoms with Crippen molar-refractivity contribution >= 4 is 6.09 Å². The van der Waals surface area contributed by atoms with Crippen LogP contribution in [0, 0.1) is 0 Å². The fourth-order valence-electron chi connectivity index (χ4n) is 4.69. The Bertz CT molecular complexity index is 1290. The van der Waals surface area contributed by atoms with Gasteiger partial charge in [0.15, 0.2) is 0 Å². The van der Waals surface area contributed by atoms with Crippen molar-refractivity contribution in [1.29, 1.82) is 0 Å². The smallest absolute Gasteiger partial charge is 0.407 e. The molecule has 8 heteroatoms. The Kier molecular flexibility index (Phi) is 6.37. The Hall–Kier alpha value is -3.91. The van der Waals surface area contributed by atoms with Crippen LogP contribution in [0.1, 0.15) is 49.9 Å². The van der Waals surface area contributed by atoms with Gasteiger partial charge in [-0.05, 0) is 36.9 Å². The molecule has 0 saturated carbocycles. The molecule has 1 fully saturated rings. The van der Waals surface area contributed by atoms with E-state index in [0.717, 1.165) is 52.4 Å². The third kappa shape index (κ3) is 4.70. The molecule has 2 aromatic carbocycles. The number of carboxylic acid groups (broad SMARTS) is 1. The van der Waals surface area contributed by atoms with Crippen LogP contribution in [-0.4, -0.2) is 49.6 Å². The summed E-state index contributed by atoms with van der Waals surface area (Å²) in [7, 11) is 1.57. The molecule has 1 aliphatic rings. The van der Waals surface area contributed by atoms with Crippen LogP contribution in [0.5, 0.6) is 0 Å². The molecule has 0 radical (unpaired) electrons.